The van der Waals surface area contributed by atoms with Gasteiger partial charge in [-0.25, -0.2) is 0 Å². The first-order chi connectivity index (χ1) is 12.7. The molecule has 1 aromatic heterocycles. The molecule has 1 aromatic carbocycles. The van der Waals surface area contributed by atoms with Gasteiger partial charge >= 0.3 is 5.97 Å². The Labute approximate surface area is 153 Å². The summed E-state index contributed by atoms with van der Waals surface area (Å²) in [5.41, 5.74) is 1.77. The van der Waals surface area contributed by atoms with E-state index in [1.165, 1.54) is 0 Å². The Morgan fingerprint density at radius 2 is 2.19 bits per heavy atom. The fourth-order valence-corrected chi connectivity index (χ4v) is 3.56. The monoisotopic (exact) mass is 356 g/mol. The second-order valence-electron chi connectivity index (χ2n) is 6.23. The number of ether oxygens (including phenoxy) is 2. The van der Waals surface area contributed by atoms with Gasteiger partial charge in [-0.15, -0.1) is 0 Å². The number of benzene rings is 1. The van der Waals surface area contributed by atoms with Crippen molar-refractivity contribution >= 4 is 5.97 Å². The van der Waals surface area contributed by atoms with Gasteiger partial charge in [0.25, 0.3) is 0 Å². The summed E-state index contributed by atoms with van der Waals surface area (Å²) in [6.45, 7) is 3.16. The number of aromatic nitrogens is 1. The van der Waals surface area contributed by atoms with Crippen LogP contribution in [0, 0.1) is 0 Å². The number of nitrogens with zero attached hydrogens (tertiary/aromatic N) is 2. The molecule has 0 aliphatic carbocycles. The minimum Gasteiger partial charge on any atom is -0.493 e. The third-order valence-electron chi connectivity index (χ3n) is 4.68. The maximum absolute atomic E-state index is 11.7. The largest absolute Gasteiger partial charge is 0.493 e. The highest BCUT2D eigenvalue weighted by molar-refractivity contribution is 5.74. The molecule has 1 fully saturated rings. The highest BCUT2D eigenvalue weighted by atomic mass is 16.5. The summed E-state index contributed by atoms with van der Waals surface area (Å²) in [5.74, 6) is 0.521. The second-order valence-corrected chi connectivity index (χ2v) is 6.23. The van der Waals surface area contributed by atoms with Crippen molar-refractivity contribution in [3.05, 3.63) is 53.9 Å². The van der Waals surface area contributed by atoms with Crippen molar-refractivity contribution < 1.29 is 19.4 Å². The van der Waals surface area contributed by atoms with Crippen LogP contribution in [0.3, 0.4) is 0 Å². The topological polar surface area (TPSA) is 71.9 Å². The van der Waals surface area contributed by atoms with Crippen LogP contribution < -0.4 is 9.47 Å². The van der Waals surface area contributed by atoms with Gasteiger partial charge < -0.3 is 14.6 Å². The maximum Gasteiger partial charge on any atom is 0.320 e. The van der Waals surface area contributed by atoms with E-state index in [1.807, 2.05) is 48.2 Å². The van der Waals surface area contributed by atoms with Crippen LogP contribution >= 0.6 is 0 Å². The van der Waals surface area contributed by atoms with E-state index in [4.69, 9.17) is 9.47 Å². The molecule has 2 atom stereocenters. The molecule has 1 aliphatic rings. The van der Waals surface area contributed by atoms with Gasteiger partial charge in [0.05, 0.1) is 25.5 Å². The number of aliphatic carboxylic acids is 1. The first-order valence-electron chi connectivity index (χ1n) is 8.86. The molecule has 6 nitrogen and oxygen atoms in total. The van der Waals surface area contributed by atoms with E-state index in [1.54, 1.807) is 13.3 Å². The summed E-state index contributed by atoms with van der Waals surface area (Å²) in [4.78, 5) is 18.3. The number of pyridine rings is 1. The van der Waals surface area contributed by atoms with Gasteiger partial charge in [0, 0.05) is 12.7 Å². The van der Waals surface area contributed by atoms with Gasteiger partial charge in [0.2, 0.25) is 0 Å². The molecular formula is C20H24N2O4. The van der Waals surface area contributed by atoms with Crippen molar-refractivity contribution in [3.63, 3.8) is 0 Å². The van der Waals surface area contributed by atoms with Crippen LogP contribution in [0.25, 0.3) is 0 Å². The zero-order valence-corrected chi connectivity index (χ0v) is 15.1. The number of carboxylic acids is 1. The Bertz CT molecular complexity index is 751. The molecule has 0 spiro atoms. The molecular weight excluding hydrogens is 332 g/mol. The Hall–Kier alpha value is -2.60. The zero-order chi connectivity index (χ0) is 18.5. The van der Waals surface area contributed by atoms with E-state index >= 15 is 0 Å². The van der Waals surface area contributed by atoms with Crippen molar-refractivity contribution in [2.75, 3.05) is 20.3 Å². The van der Waals surface area contributed by atoms with E-state index in [-0.39, 0.29) is 6.04 Å². The minimum atomic E-state index is -0.790. The molecule has 0 bridgehead atoms. The number of methoxy groups -OCH3 is 1. The van der Waals surface area contributed by atoms with Crippen molar-refractivity contribution in [2.24, 2.45) is 0 Å². The molecule has 0 saturated carbocycles. The number of rotatable bonds is 7. The molecule has 2 aromatic rings. The molecule has 1 N–H and O–H groups in total. The lowest BCUT2D eigenvalue weighted by molar-refractivity contribution is -0.142. The molecule has 138 valence electrons. The Kier molecular flexibility index (Phi) is 5.73. The maximum atomic E-state index is 11.7. The van der Waals surface area contributed by atoms with E-state index in [2.05, 4.69) is 4.98 Å². The normalized spacial score (nSPS) is 18.5. The average Bonchev–Trinajstić information content (AvgIpc) is 3.13. The van der Waals surface area contributed by atoms with E-state index in [0.29, 0.717) is 31.1 Å². The van der Waals surface area contributed by atoms with Crippen LogP contribution in [0.1, 0.15) is 37.1 Å². The quantitative estimate of drug-likeness (QED) is 0.822. The van der Waals surface area contributed by atoms with E-state index < -0.39 is 12.0 Å². The highest BCUT2D eigenvalue weighted by Crippen LogP contribution is 2.38. The number of carbonyl (C=O) groups is 1. The van der Waals surface area contributed by atoms with Gasteiger partial charge in [-0.1, -0.05) is 12.1 Å². The molecule has 2 heterocycles. The Morgan fingerprint density at radius 3 is 2.85 bits per heavy atom. The molecule has 0 amide bonds. The standard InChI is InChI=1S/C20H24N2O4/c1-3-26-18-13-14(9-10-17(18)25-2)19(15-7-4-5-11-21-15)22-12-6-8-16(22)20(23)24/h4-5,7,9-11,13,16,19H,3,6,8,12H2,1-2H3,(H,23,24). The summed E-state index contributed by atoms with van der Waals surface area (Å²) in [6.07, 6.45) is 3.24. The molecule has 3 rings (SSSR count). The molecule has 1 saturated heterocycles. The predicted octanol–water partition coefficient (Wildman–Crippen LogP) is 3.13. The zero-order valence-electron chi connectivity index (χ0n) is 15.1. The van der Waals surface area contributed by atoms with Crippen molar-refractivity contribution in [1.29, 1.82) is 0 Å². The van der Waals surface area contributed by atoms with Crippen LogP contribution in [0.15, 0.2) is 42.6 Å². The Morgan fingerprint density at radius 1 is 1.35 bits per heavy atom. The van der Waals surface area contributed by atoms with Gasteiger partial charge in [-0.3, -0.25) is 14.7 Å². The number of likely N-dealkylation sites (tertiary alicyclic amines) is 1. The lowest BCUT2D eigenvalue weighted by Gasteiger charge is -2.31. The van der Waals surface area contributed by atoms with Gasteiger partial charge in [0.1, 0.15) is 6.04 Å². The highest BCUT2D eigenvalue weighted by Gasteiger charge is 2.37. The van der Waals surface area contributed by atoms with Gasteiger partial charge in [0.15, 0.2) is 11.5 Å². The molecule has 2 unspecified atom stereocenters. The average molecular weight is 356 g/mol. The van der Waals surface area contributed by atoms with Crippen molar-refractivity contribution in [2.45, 2.75) is 31.8 Å². The fraction of sp³-hybridized carbons (Fsp3) is 0.400. The summed E-state index contributed by atoms with van der Waals surface area (Å²) in [5, 5.41) is 9.64. The van der Waals surface area contributed by atoms with E-state index in [9.17, 15) is 9.90 Å². The predicted molar refractivity (Wildman–Crippen MR) is 97.6 cm³/mol. The second kappa shape index (κ2) is 8.19. The van der Waals surface area contributed by atoms with Crippen LogP contribution in [0.4, 0.5) is 0 Å². The van der Waals surface area contributed by atoms with Crippen molar-refractivity contribution in [1.82, 2.24) is 9.88 Å². The first-order valence-corrected chi connectivity index (χ1v) is 8.86. The van der Waals surface area contributed by atoms with E-state index in [0.717, 1.165) is 17.7 Å². The smallest absolute Gasteiger partial charge is 0.320 e. The molecule has 0 radical (unpaired) electrons. The first kappa shape index (κ1) is 18.2. The summed E-state index contributed by atoms with van der Waals surface area (Å²) < 4.78 is 11.1. The van der Waals surface area contributed by atoms with Crippen LogP contribution in [0.5, 0.6) is 11.5 Å². The van der Waals surface area contributed by atoms with Crippen LogP contribution in [0.2, 0.25) is 0 Å². The third kappa shape index (κ3) is 3.65. The molecule has 6 heteroatoms. The Balaban J connectivity index is 2.07. The van der Waals surface area contributed by atoms with Crippen LogP contribution in [-0.2, 0) is 4.79 Å². The lowest BCUT2D eigenvalue weighted by Crippen LogP contribution is -2.39. The molecule has 26 heavy (non-hydrogen) atoms. The summed E-state index contributed by atoms with van der Waals surface area (Å²) in [7, 11) is 1.61. The summed E-state index contributed by atoms with van der Waals surface area (Å²) >= 11 is 0. The number of carboxylic acid groups (broad SMARTS) is 1. The number of hydrogen-bond donors (Lipinski definition) is 1. The minimum absolute atomic E-state index is 0.245. The number of hydrogen-bond acceptors (Lipinski definition) is 5. The fourth-order valence-electron chi connectivity index (χ4n) is 3.56. The van der Waals surface area contributed by atoms with Crippen LogP contribution in [-0.4, -0.2) is 47.3 Å². The lowest BCUT2D eigenvalue weighted by atomic mass is 9.99. The SMILES string of the molecule is CCOc1cc(C(c2ccccn2)N2CCCC2C(=O)O)ccc1OC. The van der Waals surface area contributed by atoms with Crippen molar-refractivity contribution in [3.8, 4) is 11.5 Å². The van der Waals surface area contributed by atoms with Gasteiger partial charge in [-0.05, 0) is 49.6 Å². The third-order valence-corrected chi connectivity index (χ3v) is 4.68. The molecule has 1 aliphatic heterocycles. The van der Waals surface area contributed by atoms with Gasteiger partial charge in [-0.2, -0.15) is 0 Å². The summed E-state index contributed by atoms with van der Waals surface area (Å²) in [6, 6.07) is 10.7.